The molecule has 4 nitrogen and oxygen atoms in total. The maximum atomic E-state index is 12.5. The smallest absolute Gasteiger partial charge is 0.243 e. The van der Waals surface area contributed by atoms with Gasteiger partial charge >= 0.3 is 0 Å². The van der Waals surface area contributed by atoms with E-state index in [1.165, 1.54) is 0 Å². The quantitative estimate of drug-likeness (QED) is 0.920. The highest BCUT2D eigenvalue weighted by Crippen LogP contribution is 2.26. The molecule has 0 saturated carbocycles. The number of rotatable bonds is 4. The highest BCUT2D eigenvalue weighted by molar-refractivity contribution is 7.89. The summed E-state index contributed by atoms with van der Waals surface area (Å²) >= 11 is 0. The first-order valence-corrected chi connectivity index (χ1v) is 8.20. The Hall–Kier alpha value is -0.910. The van der Waals surface area contributed by atoms with E-state index in [9.17, 15) is 8.42 Å². The fraction of sp³-hybridized carbons (Fsp3) is 0.571. The molecule has 5 heteroatoms. The van der Waals surface area contributed by atoms with E-state index in [4.69, 9.17) is 0 Å². The molecule has 1 aromatic carbocycles. The maximum absolute atomic E-state index is 12.5. The van der Waals surface area contributed by atoms with E-state index >= 15 is 0 Å². The first-order chi connectivity index (χ1) is 8.96. The fourth-order valence-electron chi connectivity index (χ4n) is 2.49. The Kier molecular flexibility index (Phi) is 4.28. The summed E-state index contributed by atoms with van der Waals surface area (Å²) in [5, 5.41) is 3.14. The predicted octanol–water partition coefficient (Wildman–Crippen LogP) is 2.14. The summed E-state index contributed by atoms with van der Waals surface area (Å²) in [7, 11) is -1.43. The van der Waals surface area contributed by atoms with Crippen molar-refractivity contribution in [3.8, 4) is 0 Å². The highest BCUT2D eigenvalue weighted by atomic mass is 32.2. The van der Waals surface area contributed by atoms with Crippen molar-refractivity contribution < 1.29 is 8.42 Å². The van der Waals surface area contributed by atoms with Gasteiger partial charge in [-0.15, -0.1) is 0 Å². The lowest BCUT2D eigenvalue weighted by Crippen LogP contribution is -2.33. The molecule has 1 fully saturated rings. The Morgan fingerprint density at radius 1 is 1.32 bits per heavy atom. The van der Waals surface area contributed by atoms with Gasteiger partial charge in [0.1, 0.15) is 0 Å². The summed E-state index contributed by atoms with van der Waals surface area (Å²) in [5.74, 6) is 0. The summed E-state index contributed by atoms with van der Waals surface area (Å²) in [6.45, 7) is 4.66. The van der Waals surface area contributed by atoms with Gasteiger partial charge in [-0.25, -0.2) is 8.42 Å². The molecule has 1 aliphatic rings. The normalized spacial score (nSPS) is 22.6. The van der Waals surface area contributed by atoms with Crippen molar-refractivity contribution in [2.24, 2.45) is 0 Å². The van der Waals surface area contributed by atoms with Crippen molar-refractivity contribution in [3.63, 3.8) is 0 Å². The number of benzene rings is 1. The number of nitrogens with one attached hydrogen (secondary N) is 1. The summed E-state index contributed by atoms with van der Waals surface area (Å²) < 4.78 is 26.6. The van der Waals surface area contributed by atoms with Crippen molar-refractivity contribution in [2.75, 3.05) is 13.6 Å². The van der Waals surface area contributed by atoms with E-state index in [0.717, 1.165) is 18.4 Å². The van der Waals surface area contributed by atoms with Gasteiger partial charge in [-0.05, 0) is 51.4 Å². The van der Waals surface area contributed by atoms with Crippen molar-refractivity contribution in [1.82, 2.24) is 9.62 Å². The largest absolute Gasteiger partial charge is 0.313 e. The molecule has 0 aliphatic carbocycles. The zero-order valence-corrected chi connectivity index (χ0v) is 12.6. The average molecular weight is 282 g/mol. The van der Waals surface area contributed by atoms with Gasteiger partial charge in [-0.2, -0.15) is 4.31 Å². The van der Waals surface area contributed by atoms with Crippen LogP contribution in [0.15, 0.2) is 29.2 Å². The third kappa shape index (κ3) is 2.83. The summed E-state index contributed by atoms with van der Waals surface area (Å²) in [4.78, 5) is 0.397. The van der Waals surface area contributed by atoms with E-state index < -0.39 is 10.0 Å². The summed E-state index contributed by atoms with van der Waals surface area (Å²) in [5.41, 5.74) is 1.09. The minimum Gasteiger partial charge on any atom is -0.313 e. The molecule has 0 bridgehead atoms. The molecule has 19 heavy (non-hydrogen) atoms. The van der Waals surface area contributed by atoms with Gasteiger partial charge in [0.15, 0.2) is 0 Å². The first kappa shape index (κ1) is 14.5. The van der Waals surface area contributed by atoms with Crippen LogP contribution >= 0.6 is 0 Å². The van der Waals surface area contributed by atoms with Gasteiger partial charge in [0.05, 0.1) is 4.90 Å². The van der Waals surface area contributed by atoms with Crippen LogP contribution in [0.5, 0.6) is 0 Å². The Morgan fingerprint density at radius 3 is 2.42 bits per heavy atom. The second-order valence-corrected chi connectivity index (χ2v) is 7.08. The van der Waals surface area contributed by atoms with Crippen molar-refractivity contribution in [2.45, 2.75) is 43.7 Å². The zero-order chi connectivity index (χ0) is 14.0. The fourth-order valence-corrected chi connectivity index (χ4v) is 4.19. The zero-order valence-electron chi connectivity index (χ0n) is 11.8. The summed E-state index contributed by atoms with van der Waals surface area (Å²) in [6, 6.07) is 7.53. The van der Waals surface area contributed by atoms with Crippen molar-refractivity contribution in [3.05, 3.63) is 29.8 Å². The molecule has 2 atom stereocenters. The van der Waals surface area contributed by atoms with Crippen LogP contribution in [0.25, 0.3) is 0 Å². The average Bonchev–Trinajstić information content (AvgIpc) is 2.85. The van der Waals surface area contributed by atoms with Crippen LogP contribution < -0.4 is 5.32 Å². The monoisotopic (exact) mass is 282 g/mol. The summed E-state index contributed by atoms with van der Waals surface area (Å²) in [6.07, 6.45) is 1.91. The van der Waals surface area contributed by atoms with E-state index in [-0.39, 0.29) is 12.1 Å². The number of hydrogen-bond donors (Lipinski definition) is 1. The van der Waals surface area contributed by atoms with E-state index in [1.54, 1.807) is 16.4 Å². The lowest BCUT2D eigenvalue weighted by Gasteiger charge is -2.21. The van der Waals surface area contributed by atoms with Crippen LogP contribution in [0.4, 0.5) is 0 Å². The molecular weight excluding hydrogens is 260 g/mol. The molecule has 1 N–H and O–H groups in total. The standard InChI is InChI=1S/C14H22N2O2S/c1-11-5-4-10-16(11)19(17,18)14-8-6-13(7-9-14)12(2)15-3/h6-9,11-12,15H,4-5,10H2,1-3H3. The van der Waals surface area contributed by atoms with Crippen molar-refractivity contribution >= 4 is 10.0 Å². The Balaban J connectivity index is 2.26. The minimum atomic E-state index is -3.32. The van der Waals surface area contributed by atoms with Gasteiger partial charge in [-0.1, -0.05) is 12.1 Å². The second kappa shape index (κ2) is 5.61. The highest BCUT2D eigenvalue weighted by Gasteiger charge is 2.32. The van der Waals surface area contributed by atoms with Gasteiger partial charge in [0.25, 0.3) is 0 Å². The molecule has 0 amide bonds. The lowest BCUT2D eigenvalue weighted by atomic mass is 10.1. The number of hydrogen-bond acceptors (Lipinski definition) is 3. The van der Waals surface area contributed by atoms with E-state index in [0.29, 0.717) is 11.4 Å². The molecule has 0 radical (unpaired) electrons. The van der Waals surface area contributed by atoms with Crippen LogP contribution in [0.2, 0.25) is 0 Å². The first-order valence-electron chi connectivity index (χ1n) is 6.76. The van der Waals surface area contributed by atoms with Gasteiger partial charge in [-0.3, -0.25) is 0 Å². The lowest BCUT2D eigenvalue weighted by molar-refractivity contribution is 0.408. The second-order valence-electron chi connectivity index (χ2n) is 5.19. The predicted molar refractivity (Wildman–Crippen MR) is 76.5 cm³/mol. The van der Waals surface area contributed by atoms with Gasteiger partial charge in [0.2, 0.25) is 10.0 Å². The topological polar surface area (TPSA) is 49.4 Å². The SMILES string of the molecule is CNC(C)c1ccc(S(=O)(=O)N2CCCC2C)cc1. The van der Waals surface area contributed by atoms with Gasteiger partial charge in [0, 0.05) is 18.6 Å². The Labute approximate surface area is 115 Å². The van der Waals surface area contributed by atoms with E-state index in [1.807, 2.05) is 33.0 Å². The number of nitrogens with zero attached hydrogens (tertiary/aromatic N) is 1. The Morgan fingerprint density at radius 2 is 1.95 bits per heavy atom. The molecule has 1 saturated heterocycles. The molecule has 106 valence electrons. The van der Waals surface area contributed by atoms with E-state index in [2.05, 4.69) is 5.32 Å². The van der Waals surface area contributed by atoms with Crippen LogP contribution in [0.3, 0.4) is 0 Å². The molecule has 1 heterocycles. The Bertz CT molecular complexity index is 525. The van der Waals surface area contributed by atoms with Gasteiger partial charge < -0.3 is 5.32 Å². The van der Waals surface area contributed by atoms with Crippen LogP contribution in [0.1, 0.15) is 38.3 Å². The molecule has 2 rings (SSSR count). The molecule has 0 spiro atoms. The van der Waals surface area contributed by atoms with Crippen LogP contribution in [-0.2, 0) is 10.0 Å². The third-order valence-electron chi connectivity index (χ3n) is 3.91. The third-order valence-corrected chi connectivity index (χ3v) is 5.94. The van der Waals surface area contributed by atoms with Crippen LogP contribution in [-0.4, -0.2) is 32.4 Å². The molecular formula is C14H22N2O2S. The minimum absolute atomic E-state index is 0.112. The van der Waals surface area contributed by atoms with Crippen molar-refractivity contribution in [1.29, 1.82) is 0 Å². The van der Waals surface area contributed by atoms with Crippen LogP contribution in [0, 0.1) is 0 Å². The molecule has 1 aliphatic heterocycles. The molecule has 1 aromatic rings. The molecule has 2 unspecified atom stereocenters. The number of sulfonamides is 1. The maximum Gasteiger partial charge on any atom is 0.243 e. The molecule has 0 aromatic heterocycles.